The van der Waals surface area contributed by atoms with Gasteiger partial charge in [-0.2, -0.15) is 0 Å². The van der Waals surface area contributed by atoms with Gasteiger partial charge in [-0.15, -0.1) is 0 Å². The molecule has 3 unspecified atom stereocenters. The number of aryl methyl sites for hydroxylation is 1. The number of ether oxygens (including phenoxy) is 1. The van der Waals surface area contributed by atoms with E-state index in [-0.39, 0.29) is 24.6 Å². The van der Waals surface area contributed by atoms with Crippen LogP contribution in [0.4, 0.5) is 0 Å². The van der Waals surface area contributed by atoms with Crippen LogP contribution in [-0.2, 0) is 25.5 Å². The highest BCUT2D eigenvalue weighted by Crippen LogP contribution is 2.19. The molecular formula is C23H37N3O6. The van der Waals surface area contributed by atoms with E-state index in [0.29, 0.717) is 6.42 Å². The van der Waals surface area contributed by atoms with Crippen molar-refractivity contribution in [3.8, 4) is 5.75 Å². The van der Waals surface area contributed by atoms with Gasteiger partial charge in [-0.25, -0.2) is 4.79 Å². The number of esters is 1. The zero-order valence-corrected chi connectivity index (χ0v) is 19.2. The zero-order valence-electron chi connectivity index (χ0n) is 19.2. The molecule has 9 heteroatoms. The van der Waals surface area contributed by atoms with E-state index in [4.69, 9.17) is 16.2 Å². The number of rotatable bonds is 13. The molecule has 1 rings (SSSR count). The quantitative estimate of drug-likeness (QED) is 0.255. The van der Waals surface area contributed by atoms with Crippen LogP contribution in [0.5, 0.6) is 5.75 Å². The van der Waals surface area contributed by atoms with Crippen LogP contribution in [-0.4, -0.2) is 65.2 Å². The third kappa shape index (κ3) is 7.89. The molecule has 2 amide bonds. The van der Waals surface area contributed by atoms with Crippen LogP contribution in [0.2, 0.25) is 0 Å². The van der Waals surface area contributed by atoms with Crippen LogP contribution in [0.15, 0.2) is 24.3 Å². The zero-order chi connectivity index (χ0) is 24.3. The topological polar surface area (TPSA) is 156 Å². The number of benzene rings is 1. The van der Waals surface area contributed by atoms with Crippen LogP contribution >= 0.6 is 0 Å². The number of aliphatic hydroxyl groups excluding tert-OH is 1. The van der Waals surface area contributed by atoms with Gasteiger partial charge < -0.3 is 26.4 Å². The van der Waals surface area contributed by atoms with Gasteiger partial charge in [0.2, 0.25) is 11.8 Å². The molecule has 0 fully saturated rings. The second-order valence-corrected chi connectivity index (χ2v) is 8.25. The van der Waals surface area contributed by atoms with Gasteiger partial charge in [0.05, 0.1) is 13.2 Å². The van der Waals surface area contributed by atoms with Crippen molar-refractivity contribution in [3.05, 3.63) is 29.8 Å². The average molecular weight is 452 g/mol. The van der Waals surface area contributed by atoms with Gasteiger partial charge in [-0.1, -0.05) is 32.4 Å². The molecule has 0 bridgehead atoms. The Labute approximate surface area is 189 Å². The van der Waals surface area contributed by atoms with E-state index < -0.39 is 42.4 Å². The van der Waals surface area contributed by atoms with Gasteiger partial charge in [0.25, 0.3) is 0 Å². The van der Waals surface area contributed by atoms with E-state index in [1.54, 1.807) is 26.0 Å². The first-order valence-electron chi connectivity index (χ1n) is 11.0. The summed E-state index contributed by atoms with van der Waals surface area (Å²) < 4.78 is 4.83. The summed E-state index contributed by atoms with van der Waals surface area (Å²) in [7, 11) is 1.20. The number of amides is 2. The number of hydrogen-bond acceptors (Lipinski definition) is 8. The number of methoxy groups -OCH3 is 1. The smallest absolute Gasteiger partial charge is 0.329 e. The summed E-state index contributed by atoms with van der Waals surface area (Å²) in [6, 6.07) is 4.63. The molecule has 9 nitrogen and oxygen atoms in total. The minimum atomic E-state index is -1.21. The van der Waals surface area contributed by atoms with Crippen molar-refractivity contribution in [2.75, 3.05) is 20.3 Å². The first-order valence-corrected chi connectivity index (χ1v) is 11.0. The van der Waals surface area contributed by atoms with Crippen molar-refractivity contribution in [3.63, 3.8) is 0 Å². The fraction of sp³-hybridized carbons (Fsp3) is 0.609. The average Bonchev–Trinajstić information content (AvgIpc) is 2.77. The van der Waals surface area contributed by atoms with Crippen molar-refractivity contribution in [1.82, 2.24) is 4.90 Å². The maximum atomic E-state index is 13.1. The number of aromatic hydroxyl groups is 1. The number of nitrogens with zero attached hydrogens (tertiary/aromatic N) is 1. The third-order valence-corrected chi connectivity index (χ3v) is 5.48. The Bertz CT molecular complexity index is 734. The Balaban J connectivity index is 2.85. The van der Waals surface area contributed by atoms with Crippen LogP contribution < -0.4 is 11.5 Å². The Morgan fingerprint density at radius 2 is 1.72 bits per heavy atom. The number of phenolic OH excluding ortho intramolecular Hbond substituents is 1. The molecule has 0 aromatic heterocycles. The molecule has 0 radical (unpaired) electrons. The van der Waals surface area contributed by atoms with Crippen molar-refractivity contribution >= 4 is 17.8 Å². The Morgan fingerprint density at radius 3 is 2.22 bits per heavy atom. The molecule has 6 N–H and O–H groups in total. The lowest BCUT2D eigenvalue weighted by atomic mass is 9.96. The lowest BCUT2D eigenvalue weighted by Gasteiger charge is -2.34. The van der Waals surface area contributed by atoms with Crippen LogP contribution in [0.25, 0.3) is 0 Å². The summed E-state index contributed by atoms with van der Waals surface area (Å²) in [5, 5.41) is 18.8. The van der Waals surface area contributed by atoms with Crippen LogP contribution in [0.3, 0.4) is 0 Å². The number of carbonyl (C=O) groups is 3. The van der Waals surface area contributed by atoms with Crippen molar-refractivity contribution in [1.29, 1.82) is 0 Å². The molecule has 0 saturated heterocycles. The van der Waals surface area contributed by atoms with Crippen molar-refractivity contribution in [2.45, 2.75) is 58.0 Å². The number of carbonyl (C=O) groups excluding carboxylic acids is 3. The second-order valence-electron chi connectivity index (χ2n) is 8.25. The molecule has 0 saturated carbocycles. The lowest BCUT2D eigenvalue weighted by Crippen LogP contribution is -2.58. The Hall–Kier alpha value is -2.49. The fourth-order valence-electron chi connectivity index (χ4n) is 3.47. The van der Waals surface area contributed by atoms with Crippen LogP contribution in [0.1, 0.15) is 45.1 Å². The molecule has 180 valence electrons. The number of hydrogen-bond donors (Lipinski definition) is 4. The van der Waals surface area contributed by atoms with Crippen molar-refractivity contribution in [2.24, 2.45) is 23.3 Å². The molecule has 0 spiro atoms. The van der Waals surface area contributed by atoms with Gasteiger partial charge in [-0.3, -0.25) is 14.5 Å². The molecule has 0 aliphatic rings. The number of phenols is 1. The van der Waals surface area contributed by atoms with Crippen molar-refractivity contribution < 1.29 is 29.3 Å². The highest BCUT2D eigenvalue weighted by molar-refractivity contribution is 6.01. The van der Waals surface area contributed by atoms with E-state index in [1.807, 2.05) is 12.1 Å². The van der Waals surface area contributed by atoms with Crippen LogP contribution in [0, 0.1) is 11.8 Å². The molecule has 0 aliphatic heterocycles. The Kier molecular flexibility index (Phi) is 11.9. The molecule has 1 aromatic carbocycles. The molecular weight excluding hydrogens is 414 g/mol. The first kappa shape index (κ1) is 27.5. The van der Waals surface area contributed by atoms with Gasteiger partial charge >= 0.3 is 5.97 Å². The van der Waals surface area contributed by atoms with E-state index >= 15 is 0 Å². The molecule has 0 aliphatic carbocycles. The second kappa shape index (κ2) is 13.8. The summed E-state index contributed by atoms with van der Waals surface area (Å²) >= 11 is 0. The molecule has 3 atom stereocenters. The van der Waals surface area contributed by atoms with E-state index in [9.17, 15) is 24.6 Å². The maximum absolute atomic E-state index is 13.1. The lowest BCUT2D eigenvalue weighted by molar-refractivity contribution is -0.163. The minimum absolute atomic E-state index is 0.0345. The summed E-state index contributed by atoms with van der Waals surface area (Å²) in [6.07, 6.45) is 2.97. The van der Waals surface area contributed by atoms with Gasteiger partial charge in [0.1, 0.15) is 11.8 Å². The normalized spacial score (nSPS) is 14.0. The van der Waals surface area contributed by atoms with E-state index in [0.717, 1.165) is 29.7 Å². The summed E-state index contributed by atoms with van der Waals surface area (Å²) in [4.78, 5) is 39.4. The fourth-order valence-corrected chi connectivity index (χ4v) is 3.47. The predicted molar refractivity (Wildman–Crippen MR) is 120 cm³/mol. The number of aliphatic hydroxyl groups is 1. The number of nitrogens with two attached hydrogens (primary N) is 2. The largest absolute Gasteiger partial charge is 0.508 e. The molecule has 1 aromatic rings. The van der Waals surface area contributed by atoms with E-state index in [2.05, 4.69) is 0 Å². The highest BCUT2D eigenvalue weighted by atomic mass is 16.5. The summed E-state index contributed by atoms with van der Waals surface area (Å²) in [6.45, 7) is 2.98. The standard InChI is InChI=1S/C23H37N3O6/c1-15(2)21(23(31)32-3)26(22(30)20(25)17(13-24)14-27)19(29)8-6-4-5-7-16-9-11-18(28)12-10-16/h9-12,15,17,20-21,27-28H,4-8,13-14,24-25H2,1-3H3. The highest BCUT2D eigenvalue weighted by Gasteiger charge is 2.40. The minimum Gasteiger partial charge on any atom is -0.508 e. The first-order chi connectivity index (χ1) is 15.2. The molecule has 0 heterocycles. The van der Waals surface area contributed by atoms with Gasteiger partial charge in [0.15, 0.2) is 0 Å². The number of unbranched alkanes of at least 4 members (excludes halogenated alkanes) is 2. The molecule has 32 heavy (non-hydrogen) atoms. The summed E-state index contributed by atoms with van der Waals surface area (Å²) in [5.74, 6) is -2.85. The van der Waals surface area contributed by atoms with Gasteiger partial charge in [-0.05, 0) is 49.4 Å². The SMILES string of the molecule is COC(=O)C(C(C)C)N(C(=O)CCCCCc1ccc(O)cc1)C(=O)C(N)C(CN)CO. The Morgan fingerprint density at radius 1 is 1.09 bits per heavy atom. The predicted octanol–water partition coefficient (Wildman–Crippen LogP) is 0.942. The van der Waals surface area contributed by atoms with Gasteiger partial charge in [0, 0.05) is 18.9 Å². The monoisotopic (exact) mass is 451 g/mol. The summed E-state index contributed by atoms with van der Waals surface area (Å²) in [5.41, 5.74) is 12.7. The third-order valence-electron chi connectivity index (χ3n) is 5.48. The van der Waals surface area contributed by atoms with E-state index in [1.165, 1.54) is 7.11 Å². The number of imide groups is 1. The maximum Gasteiger partial charge on any atom is 0.329 e.